The Balaban J connectivity index is 1.78. The number of methoxy groups -OCH3 is 3. The Morgan fingerprint density at radius 1 is 0.962 bits per heavy atom. The van der Waals surface area contributed by atoms with Crippen LogP contribution in [0.5, 0.6) is 17.2 Å². The van der Waals surface area contributed by atoms with E-state index in [-0.39, 0.29) is 0 Å². The van der Waals surface area contributed by atoms with Crippen molar-refractivity contribution in [2.24, 2.45) is 0 Å². The number of sulfonamides is 1. The lowest BCUT2D eigenvalue weighted by Crippen LogP contribution is -2.48. The van der Waals surface area contributed by atoms with E-state index in [1.807, 2.05) is 12.1 Å². The summed E-state index contributed by atoms with van der Waals surface area (Å²) in [5.41, 5.74) is 0.910. The van der Waals surface area contributed by atoms with Crippen LogP contribution in [0.1, 0.15) is 0 Å². The van der Waals surface area contributed by atoms with E-state index in [2.05, 4.69) is 4.90 Å². The van der Waals surface area contributed by atoms with Gasteiger partial charge in [0.25, 0.3) is 10.0 Å². The van der Waals surface area contributed by atoms with Gasteiger partial charge in [-0.05, 0) is 11.4 Å². The second-order valence-corrected chi connectivity index (χ2v) is 8.82. The van der Waals surface area contributed by atoms with E-state index in [4.69, 9.17) is 14.2 Å². The normalized spacial score (nSPS) is 15.7. The molecule has 1 saturated heterocycles. The molecule has 0 radical (unpaired) electrons. The molecule has 0 N–H and O–H groups in total. The number of anilines is 1. The van der Waals surface area contributed by atoms with E-state index in [1.165, 1.54) is 15.6 Å². The topological polar surface area (TPSA) is 68.3 Å². The average Bonchev–Trinajstić information content (AvgIpc) is 3.22. The van der Waals surface area contributed by atoms with Crippen molar-refractivity contribution in [3.8, 4) is 17.2 Å². The first-order valence-corrected chi connectivity index (χ1v) is 10.4. The van der Waals surface area contributed by atoms with Crippen molar-refractivity contribution < 1.29 is 22.6 Å². The standard InChI is InChI=1S/C17H22N2O5S2/c1-22-14-11-13(12-15(23-2)17(14)24-3)18-6-8-19(9-7-18)26(20,21)16-5-4-10-25-16/h4-5,10-12H,6-9H2,1-3H3. The summed E-state index contributed by atoms with van der Waals surface area (Å²) in [5.74, 6) is 1.70. The molecule has 1 aliphatic rings. The Labute approximate surface area is 157 Å². The molecule has 0 amide bonds. The summed E-state index contributed by atoms with van der Waals surface area (Å²) in [4.78, 5) is 2.12. The van der Waals surface area contributed by atoms with Crippen molar-refractivity contribution >= 4 is 27.0 Å². The van der Waals surface area contributed by atoms with Gasteiger partial charge >= 0.3 is 0 Å². The molecule has 2 heterocycles. The van der Waals surface area contributed by atoms with E-state index >= 15 is 0 Å². The van der Waals surface area contributed by atoms with Crippen LogP contribution in [-0.2, 0) is 10.0 Å². The van der Waals surface area contributed by atoms with Crippen LogP contribution in [0.25, 0.3) is 0 Å². The van der Waals surface area contributed by atoms with Gasteiger partial charge in [-0.25, -0.2) is 8.42 Å². The van der Waals surface area contributed by atoms with Crippen LogP contribution in [0, 0.1) is 0 Å². The SMILES string of the molecule is COc1cc(N2CCN(S(=O)(=O)c3cccs3)CC2)cc(OC)c1OC. The maximum Gasteiger partial charge on any atom is 0.252 e. The third-order valence-electron chi connectivity index (χ3n) is 4.34. The number of benzene rings is 1. The number of piperazine rings is 1. The molecule has 1 aliphatic heterocycles. The van der Waals surface area contributed by atoms with Gasteiger partial charge in [0.05, 0.1) is 21.3 Å². The van der Waals surface area contributed by atoms with Gasteiger partial charge in [-0.15, -0.1) is 11.3 Å². The largest absolute Gasteiger partial charge is 0.493 e. The Hall–Kier alpha value is -1.97. The molecule has 26 heavy (non-hydrogen) atoms. The zero-order valence-electron chi connectivity index (χ0n) is 15.0. The first kappa shape index (κ1) is 18.8. The molecule has 1 fully saturated rings. The maximum atomic E-state index is 12.6. The van der Waals surface area contributed by atoms with Gasteiger partial charge < -0.3 is 19.1 Å². The molecule has 142 valence electrons. The molecular formula is C17H22N2O5S2. The zero-order valence-corrected chi connectivity index (χ0v) is 16.6. The molecular weight excluding hydrogens is 376 g/mol. The van der Waals surface area contributed by atoms with Crippen molar-refractivity contribution in [3.63, 3.8) is 0 Å². The highest BCUT2D eigenvalue weighted by Crippen LogP contribution is 2.41. The summed E-state index contributed by atoms with van der Waals surface area (Å²) < 4.78 is 43.3. The smallest absolute Gasteiger partial charge is 0.252 e. The summed E-state index contributed by atoms with van der Waals surface area (Å²) in [6, 6.07) is 7.16. The number of thiophene rings is 1. The van der Waals surface area contributed by atoms with Gasteiger partial charge in [-0.3, -0.25) is 0 Å². The van der Waals surface area contributed by atoms with E-state index < -0.39 is 10.0 Å². The average molecular weight is 399 g/mol. The van der Waals surface area contributed by atoms with Gasteiger partial charge in [-0.1, -0.05) is 6.07 Å². The fourth-order valence-electron chi connectivity index (χ4n) is 2.97. The van der Waals surface area contributed by atoms with Crippen molar-refractivity contribution in [1.29, 1.82) is 0 Å². The van der Waals surface area contributed by atoms with Crippen LogP contribution in [-0.4, -0.2) is 60.2 Å². The summed E-state index contributed by atoms with van der Waals surface area (Å²) in [5, 5.41) is 1.78. The highest BCUT2D eigenvalue weighted by molar-refractivity contribution is 7.91. The second-order valence-electron chi connectivity index (χ2n) is 5.71. The van der Waals surface area contributed by atoms with Crippen LogP contribution in [0.2, 0.25) is 0 Å². The minimum atomic E-state index is -3.40. The van der Waals surface area contributed by atoms with Crippen LogP contribution in [0.4, 0.5) is 5.69 Å². The highest BCUT2D eigenvalue weighted by Gasteiger charge is 2.29. The van der Waals surface area contributed by atoms with Gasteiger partial charge in [0.2, 0.25) is 5.75 Å². The van der Waals surface area contributed by atoms with Crippen molar-refractivity contribution in [1.82, 2.24) is 4.31 Å². The highest BCUT2D eigenvalue weighted by atomic mass is 32.2. The minimum Gasteiger partial charge on any atom is -0.493 e. The van der Waals surface area contributed by atoms with Gasteiger partial charge in [0, 0.05) is 44.0 Å². The Morgan fingerprint density at radius 2 is 1.58 bits per heavy atom. The van der Waals surface area contributed by atoms with E-state index in [1.54, 1.807) is 38.8 Å². The predicted molar refractivity (Wildman–Crippen MR) is 101 cm³/mol. The fourth-order valence-corrected chi connectivity index (χ4v) is 5.54. The summed E-state index contributed by atoms with van der Waals surface area (Å²) >= 11 is 1.24. The molecule has 0 saturated carbocycles. The first-order valence-electron chi connectivity index (χ1n) is 8.10. The van der Waals surface area contributed by atoms with Crippen LogP contribution in [0.15, 0.2) is 33.9 Å². The molecule has 0 unspecified atom stereocenters. The maximum absolute atomic E-state index is 12.6. The van der Waals surface area contributed by atoms with E-state index in [9.17, 15) is 8.42 Å². The number of rotatable bonds is 6. The lowest BCUT2D eigenvalue weighted by Gasteiger charge is -2.35. The third-order valence-corrected chi connectivity index (χ3v) is 7.61. The van der Waals surface area contributed by atoms with Crippen LogP contribution >= 0.6 is 11.3 Å². The molecule has 9 heteroatoms. The molecule has 1 aromatic carbocycles. The summed E-state index contributed by atoms with van der Waals surface area (Å²) in [6.45, 7) is 2.03. The number of nitrogens with zero attached hydrogens (tertiary/aromatic N) is 2. The van der Waals surface area contributed by atoms with Gasteiger partial charge in [-0.2, -0.15) is 4.31 Å². The molecule has 0 atom stereocenters. The summed E-state index contributed by atoms with van der Waals surface area (Å²) in [7, 11) is 1.31. The number of ether oxygens (including phenoxy) is 3. The summed E-state index contributed by atoms with van der Waals surface area (Å²) in [6.07, 6.45) is 0. The van der Waals surface area contributed by atoms with Gasteiger partial charge in [0.1, 0.15) is 4.21 Å². The third kappa shape index (κ3) is 3.46. The van der Waals surface area contributed by atoms with E-state index in [0.29, 0.717) is 47.6 Å². The molecule has 0 bridgehead atoms. The minimum absolute atomic E-state index is 0.388. The quantitative estimate of drug-likeness (QED) is 0.744. The van der Waals surface area contributed by atoms with Gasteiger partial charge in [0.15, 0.2) is 11.5 Å². The Morgan fingerprint density at radius 3 is 2.04 bits per heavy atom. The Kier molecular flexibility index (Phi) is 5.59. The first-order chi connectivity index (χ1) is 12.5. The molecule has 3 rings (SSSR count). The lowest BCUT2D eigenvalue weighted by atomic mass is 10.2. The second kappa shape index (κ2) is 7.73. The number of hydrogen-bond acceptors (Lipinski definition) is 7. The van der Waals surface area contributed by atoms with Crippen molar-refractivity contribution in [3.05, 3.63) is 29.6 Å². The van der Waals surface area contributed by atoms with Crippen LogP contribution in [0.3, 0.4) is 0 Å². The molecule has 7 nitrogen and oxygen atoms in total. The monoisotopic (exact) mass is 398 g/mol. The molecule has 1 aromatic heterocycles. The van der Waals surface area contributed by atoms with Crippen molar-refractivity contribution in [2.45, 2.75) is 4.21 Å². The van der Waals surface area contributed by atoms with E-state index in [0.717, 1.165) is 5.69 Å². The fraction of sp³-hybridized carbons (Fsp3) is 0.412. The van der Waals surface area contributed by atoms with Crippen LogP contribution < -0.4 is 19.1 Å². The molecule has 0 aliphatic carbocycles. The predicted octanol–water partition coefficient (Wildman–Crippen LogP) is 2.28. The molecule has 0 spiro atoms. The lowest BCUT2D eigenvalue weighted by molar-refractivity contribution is 0.324. The van der Waals surface area contributed by atoms with Crippen molar-refractivity contribution in [2.75, 3.05) is 52.4 Å². The Bertz CT molecular complexity index is 819. The molecule has 2 aromatic rings. The number of hydrogen-bond donors (Lipinski definition) is 0. The zero-order chi connectivity index (χ0) is 18.7.